The van der Waals surface area contributed by atoms with Crippen LogP contribution >= 0.6 is 11.3 Å². The van der Waals surface area contributed by atoms with Gasteiger partial charge in [0.2, 0.25) is 5.95 Å². The molecule has 0 saturated carbocycles. The molecular formula is C26H27N5O3S. The number of rotatable bonds is 4. The number of nitrogens with one attached hydrogen (secondary N) is 2. The molecule has 9 heteroatoms. The van der Waals surface area contributed by atoms with Gasteiger partial charge in [0, 0.05) is 40.4 Å². The lowest BCUT2D eigenvalue weighted by Crippen LogP contribution is -2.41. The molecule has 2 aromatic carbocycles. The van der Waals surface area contributed by atoms with Crippen molar-refractivity contribution in [1.82, 2.24) is 20.2 Å². The minimum Gasteiger partial charge on any atom is -0.444 e. The Morgan fingerprint density at radius 2 is 1.94 bits per heavy atom. The number of alkyl carbamates (subject to hydrolysis) is 1. The van der Waals surface area contributed by atoms with Gasteiger partial charge in [-0.2, -0.15) is 0 Å². The largest absolute Gasteiger partial charge is 0.444 e. The van der Waals surface area contributed by atoms with Crippen molar-refractivity contribution in [3.8, 4) is 0 Å². The predicted molar refractivity (Wildman–Crippen MR) is 138 cm³/mol. The van der Waals surface area contributed by atoms with Crippen molar-refractivity contribution in [3.63, 3.8) is 0 Å². The molecule has 35 heavy (non-hydrogen) atoms. The molecule has 2 amide bonds. The predicted octanol–water partition coefficient (Wildman–Crippen LogP) is 5.33. The second kappa shape index (κ2) is 9.14. The molecule has 8 nitrogen and oxygen atoms in total. The third kappa shape index (κ3) is 5.19. The van der Waals surface area contributed by atoms with Gasteiger partial charge in [0.15, 0.2) is 0 Å². The number of para-hydroxylation sites is 1. The van der Waals surface area contributed by atoms with Crippen molar-refractivity contribution in [2.45, 2.75) is 38.8 Å². The van der Waals surface area contributed by atoms with Gasteiger partial charge in [-0.15, -0.1) is 11.3 Å². The number of thiophene rings is 1. The minimum absolute atomic E-state index is 0.0375. The van der Waals surface area contributed by atoms with Crippen LogP contribution in [0.3, 0.4) is 0 Å². The zero-order chi connectivity index (χ0) is 24.6. The molecule has 2 aromatic heterocycles. The zero-order valence-corrected chi connectivity index (χ0v) is 20.7. The third-order valence-corrected chi connectivity index (χ3v) is 6.77. The first-order valence-corrected chi connectivity index (χ1v) is 12.4. The van der Waals surface area contributed by atoms with Crippen LogP contribution in [0.2, 0.25) is 0 Å². The van der Waals surface area contributed by atoms with Crippen molar-refractivity contribution in [1.29, 1.82) is 0 Å². The van der Waals surface area contributed by atoms with E-state index < -0.39 is 11.7 Å². The van der Waals surface area contributed by atoms with Crippen molar-refractivity contribution >= 4 is 56.0 Å². The van der Waals surface area contributed by atoms with Gasteiger partial charge in [-0.1, -0.05) is 18.2 Å². The summed E-state index contributed by atoms with van der Waals surface area (Å²) in [5.74, 6) is 0.468. The fourth-order valence-corrected chi connectivity index (χ4v) is 5.15. The lowest BCUT2D eigenvalue weighted by molar-refractivity contribution is 0.0502. The Morgan fingerprint density at radius 1 is 1.14 bits per heavy atom. The van der Waals surface area contributed by atoms with Gasteiger partial charge >= 0.3 is 6.09 Å². The third-order valence-electron chi connectivity index (χ3n) is 5.68. The van der Waals surface area contributed by atoms with Crippen LogP contribution in [0.5, 0.6) is 0 Å². The summed E-state index contributed by atoms with van der Waals surface area (Å²) in [6.07, 6.45) is 2.03. The lowest BCUT2D eigenvalue weighted by Gasteiger charge is -2.22. The maximum atomic E-state index is 13.3. The molecule has 2 N–H and O–H groups in total. The van der Waals surface area contributed by atoms with E-state index in [1.54, 1.807) is 11.1 Å². The van der Waals surface area contributed by atoms with Crippen LogP contribution in [-0.2, 0) is 4.74 Å². The Balaban J connectivity index is 1.34. The number of amides is 2. The highest BCUT2D eigenvalue weighted by Gasteiger charge is 2.30. The molecule has 1 saturated heterocycles. The van der Waals surface area contributed by atoms with Crippen LogP contribution < -0.4 is 10.6 Å². The number of hydrogen-bond donors (Lipinski definition) is 2. The number of fused-ring (bicyclic) bond motifs is 3. The van der Waals surface area contributed by atoms with Crippen LogP contribution in [-0.4, -0.2) is 51.6 Å². The average molecular weight is 490 g/mol. The van der Waals surface area contributed by atoms with Crippen LogP contribution in [0.15, 0.2) is 54.7 Å². The molecule has 3 heterocycles. The molecule has 0 spiro atoms. The maximum absolute atomic E-state index is 13.3. The number of hydrogen-bond acceptors (Lipinski definition) is 7. The molecule has 1 unspecified atom stereocenters. The first kappa shape index (κ1) is 23.0. The quantitative estimate of drug-likeness (QED) is 0.402. The van der Waals surface area contributed by atoms with Crippen molar-refractivity contribution < 1.29 is 14.3 Å². The summed E-state index contributed by atoms with van der Waals surface area (Å²) in [5, 5.41) is 7.94. The topological polar surface area (TPSA) is 96.5 Å². The molecule has 0 aliphatic carbocycles. The first-order valence-electron chi connectivity index (χ1n) is 11.6. The molecular weight excluding hydrogens is 462 g/mol. The van der Waals surface area contributed by atoms with Gasteiger partial charge in [-0.05, 0) is 57.5 Å². The second-order valence-electron chi connectivity index (χ2n) is 9.59. The van der Waals surface area contributed by atoms with Crippen LogP contribution in [0, 0.1) is 0 Å². The molecule has 1 atom stereocenters. The van der Waals surface area contributed by atoms with Gasteiger partial charge in [0.1, 0.15) is 5.60 Å². The summed E-state index contributed by atoms with van der Waals surface area (Å²) in [6.45, 7) is 6.53. The summed E-state index contributed by atoms with van der Waals surface area (Å²) in [6, 6.07) is 15.5. The number of anilines is 2. The average Bonchev–Trinajstić information content (AvgIpc) is 3.45. The lowest BCUT2D eigenvalue weighted by atomic mass is 10.2. The number of ether oxygens (including phenoxy) is 1. The summed E-state index contributed by atoms with van der Waals surface area (Å²) in [7, 11) is 0. The molecule has 5 rings (SSSR count). The smallest absolute Gasteiger partial charge is 0.407 e. The summed E-state index contributed by atoms with van der Waals surface area (Å²) < 4.78 is 6.33. The highest BCUT2D eigenvalue weighted by Crippen LogP contribution is 2.33. The molecule has 0 radical (unpaired) electrons. The van der Waals surface area contributed by atoms with Crippen molar-refractivity contribution in [3.05, 3.63) is 59.6 Å². The summed E-state index contributed by atoms with van der Waals surface area (Å²) in [4.78, 5) is 37.0. The first-order chi connectivity index (χ1) is 16.7. The minimum atomic E-state index is -0.557. The Labute approximate surface area is 207 Å². The van der Waals surface area contributed by atoms with Crippen LogP contribution in [0.1, 0.15) is 36.9 Å². The molecule has 4 aromatic rings. The Bertz CT molecular complexity index is 1400. The number of carbonyl (C=O) groups is 2. The summed E-state index contributed by atoms with van der Waals surface area (Å²) in [5.41, 5.74) is 1.15. The van der Waals surface area contributed by atoms with E-state index in [0.29, 0.717) is 30.3 Å². The monoisotopic (exact) mass is 489 g/mol. The van der Waals surface area contributed by atoms with Gasteiger partial charge in [-0.3, -0.25) is 4.79 Å². The van der Waals surface area contributed by atoms with Gasteiger partial charge < -0.3 is 20.3 Å². The number of aromatic nitrogens is 2. The fraction of sp³-hybridized carbons (Fsp3) is 0.308. The Morgan fingerprint density at radius 3 is 2.71 bits per heavy atom. The van der Waals surface area contributed by atoms with Crippen molar-refractivity contribution in [2.75, 3.05) is 18.4 Å². The van der Waals surface area contributed by atoms with E-state index >= 15 is 0 Å². The Hall–Kier alpha value is -3.72. The number of likely N-dealkylation sites (tertiary alicyclic amines) is 1. The van der Waals surface area contributed by atoms with E-state index in [0.717, 1.165) is 26.7 Å². The molecule has 180 valence electrons. The van der Waals surface area contributed by atoms with Gasteiger partial charge in [-0.25, -0.2) is 14.8 Å². The van der Waals surface area contributed by atoms with Crippen LogP contribution in [0.25, 0.3) is 21.0 Å². The van der Waals surface area contributed by atoms with Crippen LogP contribution in [0.4, 0.5) is 16.4 Å². The normalized spacial score (nSPS) is 16.0. The van der Waals surface area contributed by atoms with Crippen molar-refractivity contribution in [2.24, 2.45) is 0 Å². The summed E-state index contributed by atoms with van der Waals surface area (Å²) >= 11 is 1.46. The maximum Gasteiger partial charge on any atom is 0.407 e. The molecule has 1 fully saturated rings. The zero-order valence-electron chi connectivity index (χ0n) is 19.9. The number of carbonyl (C=O) groups excluding carboxylic acids is 2. The van der Waals surface area contributed by atoms with E-state index in [1.165, 1.54) is 11.3 Å². The molecule has 0 bridgehead atoms. The standard InChI is InChI=1S/C26H27N5O3S/c1-26(2,3)34-25(33)29-18-11-12-31(15-18)23(32)21-13-19-20(35-21)10-9-16-14-27-24(30-22(16)19)28-17-7-5-4-6-8-17/h4-10,13-14,18H,11-12,15H2,1-3H3,(H,29,33)(H,27,28,30). The Kier molecular flexibility index (Phi) is 6.02. The highest BCUT2D eigenvalue weighted by atomic mass is 32.1. The fourth-order valence-electron chi connectivity index (χ4n) is 4.12. The van der Waals surface area contributed by atoms with E-state index in [1.807, 2.05) is 69.3 Å². The second-order valence-corrected chi connectivity index (χ2v) is 10.7. The van der Waals surface area contributed by atoms with E-state index in [-0.39, 0.29) is 11.9 Å². The SMILES string of the molecule is CC(C)(C)OC(=O)NC1CCN(C(=O)c2cc3c(ccc4cnc(Nc5ccccc5)nc43)s2)C1. The van der Waals surface area contributed by atoms with E-state index in [4.69, 9.17) is 9.72 Å². The van der Waals surface area contributed by atoms with E-state index in [2.05, 4.69) is 15.6 Å². The number of nitrogens with zero attached hydrogens (tertiary/aromatic N) is 3. The molecule has 1 aliphatic heterocycles. The number of benzene rings is 2. The van der Waals surface area contributed by atoms with Gasteiger partial charge in [0.05, 0.1) is 16.4 Å². The molecule has 1 aliphatic rings. The van der Waals surface area contributed by atoms with E-state index in [9.17, 15) is 9.59 Å². The van der Waals surface area contributed by atoms with Gasteiger partial charge in [0.25, 0.3) is 5.91 Å². The highest BCUT2D eigenvalue weighted by molar-refractivity contribution is 7.21.